The second-order valence-corrected chi connectivity index (χ2v) is 7.44. The number of carbonyl (C=O) groups is 1. The summed E-state index contributed by atoms with van der Waals surface area (Å²) < 4.78 is 0. The molecule has 120 valence electrons. The molecule has 4 nitrogen and oxygen atoms in total. The second kappa shape index (κ2) is 6.66. The number of rotatable bonds is 3. The highest BCUT2D eigenvalue weighted by Crippen LogP contribution is 2.33. The molecule has 1 aliphatic heterocycles. The van der Waals surface area contributed by atoms with Crippen LogP contribution in [0.2, 0.25) is 0 Å². The van der Waals surface area contributed by atoms with Crippen molar-refractivity contribution >= 4 is 5.91 Å². The van der Waals surface area contributed by atoms with Gasteiger partial charge in [0.15, 0.2) is 0 Å². The lowest BCUT2D eigenvalue weighted by atomic mass is 9.77. The SMILES string of the molecule is O=C(NC1(CO)CCCCC1)C1CCC2CCCCC2N1. The molecule has 2 saturated carbocycles. The summed E-state index contributed by atoms with van der Waals surface area (Å²) in [5.74, 6) is 0.902. The Kier molecular flexibility index (Phi) is 4.85. The van der Waals surface area contributed by atoms with E-state index in [1.165, 1.54) is 38.5 Å². The minimum Gasteiger partial charge on any atom is -0.394 e. The smallest absolute Gasteiger partial charge is 0.237 e. The normalized spacial score (nSPS) is 35.8. The van der Waals surface area contributed by atoms with Crippen molar-refractivity contribution in [1.82, 2.24) is 10.6 Å². The molecule has 1 saturated heterocycles. The van der Waals surface area contributed by atoms with Crippen LogP contribution in [0.1, 0.15) is 70.6 Å². The lowest BCUT2D eigenvalue weighted by molar-refractivity contribution is -0.127. The quantitative estimate of drug-likeness (QED) is 0.747. The zero-order valence-corrected chi connectivity index (χ0v) is 13.1. The van der Waals surface area contributed by atoms with Gasteiger partial charge in [0.1, 0.15) is 0 Å². The summed E-state index contributed by atoms with van der Waals surface area (Å²) in [5.41, 5.74) is -0.347. The van der Waals surface area contributed by atoms with E-state index in [0.717, 1.165) is 38.0 Å². The average Bonchev–Trinajstić information content (AvgIpc) is 2.55. The molecular weight excluding hydrogens is 264 g/mol. The van der Waals surface area contributed by atoms with Crippen molar-refractivity contribution in [2.24, 2.45) is 5.92 Å². The first kappa shape index (κ1) is 15.3. The van der Waals surface area contributed by atoms with Crippen molar-refractivity contribution in [3.8, 4) is 0 Å². The van der Waals surface area contributed by atoms with Crippen LogP contribution in [0.3, 0.4) is 0 Å². The molecule has 0 radical (unpaired) electrons. The maximum atomic E-state index is 12.6. The highest BCUT2D eigenvalue weighted by atomic mass is 16.3. The summed E-state index contributed by atoms with van der Waals surface area (Å²) in [6.07, 6.45) is 12.6. The lowest BCUT2D eigenvalue weighted by Crippen LogP contribution is -2.60. The molecule has 1 heterocycles. The number of carbonyl (C=O) groups excluding carboxylic acids is 1. The number of aliphatic hydroxyl groups excluding tert-OH is 1. The molecule has 0 spiro atoms. The van der Waals surface area contributed by atoms with Crippen LogP contribution in [0.5, 0.6) is 0 Å². The lowest BCUT2D eigenvalue weighted by Gasteiger charge is -2.42. The van der Waals surface area contributed by atoms with Crippen LogP contribution in [-0.2, 0) is 4.79 Å². The predicted molar refractivity (Wildman–Crippen MR) is 82.9 cm³/mol. The number of aliphatic hydroxyl groups is 1. The maximum Gasteiger partial charge on any atom is 0.237 e. The summed E-state index contributed by atoms with van der Waals surface area (Å²) in [7, 11) is 0. The highest BCUT2D eigenvalue weighted by molar-refractivity contribution is 5.82. The first-order valence-electron chi connectivity index (χ1n) is 8.91. The Morgan fingerprint density at radius 3 is 2.57 bits per heavy atom. The Labute approximate surface area is 128 Å². The van der Waals surface area contributed by atoms with E-state index in [4.69, 9.17) is 0 Å². The van der Waals surface area contributed by atoms with Crippen LogP contribution < -0.4 is 10.6 Å². The average molecular weight is 294 g/mol. The Morgan fingerprint density at radius 2 is 1.81 bits per heavy atom. The molecule has 1 amide bonds. The first-order chi connectivity index (χ1) is 10.2. The van der Waals surface area contributed by atoms with Crippen molar-refractivity contribution in [2.45, 2.75) is 88.3 Å². The summed E-state index contributed by atoms with van der Waals surface area (Å²) >= 11 is 0. The number of hydrogen-bond acceptors (Lipinski definition) is 3. The molecule has 21 heavy (non-hydrogen) atoms. The van der Waals surface area contributed by atoms with Crippen LogP contribution in [0.4, 0.5) is 0 Å². The number of fused-ring (bicyclic) bond motifs is 1. The van der Waals surface area contributed by atoms with Gasteiger partial charge in [-0.15, -0.1) is 0 Å². The van der Waals surface area contributed by atoms with Gasteiger partial charge in [0, 0.05) is 6.04 Å². The minimum atomic E-state index is -0.347. The fourth-order valence-electron chi connectivity index (χ4n) is 4.60. The first-order valence-corrected chi connectivity index (χ1v) is 8.91. The molecular formula is C17H30N2O2. The number of nitrogens with one attached hydrogen (secondary N) is 2. The molecule has 0 aromatic heterocycles. The largest absolute Gasteiger partial charge is 0.394 e. The third-order valence-electron chi connectivity index (χ3n) is 5.97. The molecule has 0 aromatic carbocycles. The number of hydrogen-bond donors (Lipinski definition) is 3. The monoisotopic (exact) mass is 294 g/mol. The third-order valence-corrected chi connectivity index (χ3v) is 5.97. The molecule has 2 aliphatic carbocycles. The second-order valence-electron chi connectivity index (χ2n) is 7.44. The van der Waals surface area contributed by atoms with E-state index in [1.54, 1.807) is 0 Å². The Morgan fingerprint density at radius 1 is 1.05 bits per heavy atom. The maximum absolute atomic E-state index is 12.6. The van der Waals surface area contributed by atoms with Gasteiger partial charge in [-0.25, -0.2) is 0 Å². The van der Waals surface area contributed by atoms with Crippen molar-refractivity contribution in [3.63, 3.8) is 0 Å². The molecule has 4 heteroatoms. The molecule has 0 aromatic rings. The number of piperidine rings is 1. The van der Waals surface area contributed by atoms with E-state index in [2.05, 4.69) is 10.6 Å². The van der Waals surface area contributed by atoms with Crippen LogP contribution in [0.25, 0.3) is 0 Å². The van der Waals surface area contributed by atoms with Gasteiger partial charge in [-0.3, -0.25) is 4.79 Å². The predicted octanol–water partition coefficient (Wildman–Crippen LogP) is 2.11. The standard InChI is InChI=1S/C17H30N2O2/c20-12-17(10-4-1-5-11-17)19-16(21)15-9-8-13-6-2-3-7-14(13)18-15/h13-15,18,20H,1-12H2,(H,19,21). The van der Waals surface area contributed by atoms with Gasteiger partial charge in [0.25, 0.3) is 0 Å². The zero-order valence-electron chi connectivity index (χ0n) is 13.1. The Balaban J connectivity index is 1.57. The minimum absolute atomic E-state index is 0.0466. The molecule has 3 aliphatic rings. The van der Waals surface area contributed by atoms with Crippen LogP contribution in [-0.4, -0.2) is 35.2 Å². The van der Waals surface area contributed by atoms with Crippen molar-refractivity contribution in [2.75, 3.05) is 6.61 Å². The molecule has 3 fully saturated rings. The third kappa shape index (κ3) is 3.42. The van der Waals surface area contributed by atoms with E-state index in [1.807, 2.05) is 0 Å². The van der Waals surface area contributed by atoms with E-state index >= 15 is 0 Å². The van der Waals surface area contributed by atoms with Crippen molar-refractivity contribution in [1.29, 1.82) is 0 Å². The molecule has 3 unspecified atom stereocenters. The Bertz CT molecular complexity index is 366. The van der Waals surface area contributed by atoms with E-state index in [9.17, 15) is 9.90 Å². The molecule has 3 atom stereocenters. The summed E-state index contributed by atoms with van der Waals surface area (Å²) in [6, 6.07) is 0.495. The summed E-state index contributed by atoms with van der Waals surface area (Å²) in [5, 5.41) is 16.5. The van der Waals surface area contributed by atoms with Gasteiger partial charge in [-0.05, 0) is 44.4 Å². The number of amides is 1. The Hall–Kier alpha value is -0.610. The fraction of sp³-hybridized carbons (Fsp3) is 0.941. The van der Waals surface area contributed by atoms with Crippen molar-refractivity contribution in [3.05, 3.63) is 0 Å². The van der Waals surface area contributed by atoms with Crippen LogP contribution >= 0.6 is 0 Å². The van der Waals surface area contributed by atoms with E-state index in [-0.39, 0.29) is 24.1 Å². The van der Waals surface area contributed by atoms with Crippen LogP contribution in [0.15, 0.2) is 0 Å². The summed E-state index contributed by atoms with van der Waals surface area (Å²) in [4.78, 5) is 12.6. The topological polar surface area (TPSA) is 61.4 Å². The van der Waals surface area contributed by atoms with E-state index in [0.29, 0.717) is 6.04 Å². The van der Waals surface area contributed by atoms with Gasteiger partial charge in [0.2, 0.25) is 5.91 Å². The van der Waals surface area contributed by atoms with Gasteiger partial charge in [-0.1, -0.05) is 32.1 Å². The van der Waals surface area contributed by atoms with Gasteiger partial charge in [-0.2, -0.15) is 0 Å². The highest BCUT2D eigenvalue weighted by Gasteiger charge is 2.38. The van der Waals surface area contributed by atoms with Gasteiger partial charge < -0.3 is 15.7 Å². The van der Waals surface area contributed by atoms with E-state index < -0.39 is 0 Å². The van der Waals surface area contributed by atoms with Crippen LogP contribution in [0, 0.1) is 5.92 Å². The van der Waals surface area contributed by atoms with Gasteiger partial charge in [0.05, 0.1) is 18.2 Å². The van der Waals surface area contributed by atoms with Gasteiger partial charge >= 0.3 is 0 Å². The van der Waals surface area contributed by atoms with Crippen molar-refractivity contribution < 1.29 is 9.90 Å². The zero-order chi connectivity index (χ0) is 14.7. The molecule has 3 rings (SSSR count). The summed E-state index contributed by atoms with van der Waals surface area (Å²) in [6.45, 7) is 0.0809. The molecule has 3 N–H and O–H groups in total. The fourth-order valence-corrected chi connectivity index (χ4v) is 4.60. The molecule has 0 bridgehead atoms.